The lowest BCUT2D eigenvalue weighted by Gasteiger charge is -2.28. The van der Waals surface area contributed by atoms with Crippen LogP contribution in [0.15, 0.2) is 36.7 Å². The highest BCUT2D eigenvalue weighted by Gasteiger charge is 2.55. The number of imide groups is 1. The Labute approximate surface area is 169 Å². The van der Waals surface area contributed by atoms with E-state index in [2.05, 4.69) is 10.4 Å². The zero-order chi connectivity index (χ0) is 20.8. The van der Waals surface area contributed by atoms with Gasteiger partial charge in [0.2, 0.25) is 5.91 Å². The lowest BCUT2D eigenvalue weighted by Crippen LogP contribution is -2.46. The minimum Gasteiger partial charge on any atom is -0.334 e. The van der Waals surface area contributed by atoms with Crippen molar-refractivity contribution in [1.82, 2.24) is 24.9 Å². The van der Waals surface area contributed by atoms with Crippen molar-refractivity contribution in [2.45, 2.75) is 44.8 Å². The minimum absolute atomic E-state index is 0.0790. The SMILES string of the molecule is CC(C)N(Cc1cnn(C)c1)C(=O)CN1C(=O)NC2(CCc3ccccc32)C1=O. The van der Waals surface area contributed by atoms with Crippen LogP contribution in [0, 0.1) is 0 Å². The molecule has 1 aromatic heterocycles. The first-order chi connectivity index (χ1) is 13.8. The molecule has 8 nitrogen and oxygen atoms in total. The number of amides is 4. The summed E-state index contributed by atoms with van der Waals surface area (Å²) < 4.78 is 1.68. The molecule has 1 aromatic carbocycles. The highest BCUT2D eigenvalue weighted by atomic mass is 16.2. The second kappa shape index (κ2) is 7.02. The Morgan fingerprint density at radius 1 is 1.31 bits per heavy atom. The molecule has 4 amide bonds. The third kappa shape index (κ3) is 3.18. The second-order valence-electron chi connectivity index (χ2n) is 8.02. The number of hydrogen-bond donors (Lipinski definition) is 1. The van der Waals surface area contributed by atoms with Crippen LogP contribution in [0.25, 0.3) is 0 Å². The molecule has 1 fully saturated rings. The van der Waals surface area contributed by atoms with Crippen molar-refractivity contribution in [3.8, 4) is 0 Å². The van der Waals surface area contributed by atoms with Crippen molar-refractivity contribution in [3.05, 3.63) is 53.3 Å². The second-order valence-corrected chi connectivity index (χ2v) is 8.02. The molecular weight excluding hydrogens is 370 g/mol. The van der Waals surface area contributed by atoms with Crippen molar-refractivity contribution in [3.63, 3.8) is 0 Å². The number of nitrogens with one attached hydrogen (secondary N) is 1. The van der Waals surface area contributed by atoms with E-state index in [-0.39, 0.29) is 24.4 Å². The van der Waals surface area contributed by atoms with E-state index < -0.39 is 11.6 Å². The number of hydrogen-bond acceptors (Lipinski definition) is 4. The van der Waals surface area contributed by atoms with Gasteiger partial charge in [-0.15, -0.1) is 0 Å². The van der Waals surface area contributed by atoms with Crippen LogP contribution in [0.1, 0.15) is 37.0 Å². The summed E-state index contributed by atoms with van der Waals surface area (Å²) in [4.78, 5) is 41.6. The van der Waals surface area contributed by atoms with E-state index in [9.17, 15) is 14.4 Å². The number of rotatable bonds is 5. The van der Waals surface area contributed by atoms with Crippen LogP contribution in [-0.4, -0.2) is 50.0 Å². The normalized spacial score (nSPS) is 20.5. The number of fused-ring (bicyclic) bond motifs is 2. The average Bonchev–Trinajstić information content (AvgIpc) is 3.33. The van der Waals surface area contributed by atoms with Gasteiger partial charge in [-0.05, 0) is 37.8 Å². The first-order valence-corrected chi connectivity index (χ1v) is 9.81. The van der Waals surface area contributed by atoms with E-state index in [1.54, 1.807) is 15.8 Å². The molecule has 0 saturated carbocycles. The maximum atomic E-state index is 13.3. The summed E-state index contributed by atoms with van der Waals surface area (Å²) in [6.07, 6.45) is 4.80. The van der Waals surface area contributed by atoms with Crippen LogP contribution >= 0.6 is 0 Å². The Bertz CT molecular complexity index is 982. The van der Waals surface area contributed by atoms with Crippen molar-refractivity contribution in [2.75, 3.05) is 6.54 Å². The van der Waals surface area contributed by atoms with Gasteiger partial charge in [0.25, 0.3) is 5.91 Å². The number of aryl methyl sites for hydroxylation is 2. The topological polar surface area (TPSA) is 87.5 Å². The molecule has 2 aliphatic rings. The van der Waals surface area contributed by atoms with Gasteiger partial charge in [0.15, 0.2) is 0 Å². The highest BCUT2D eigenvalue weighted by Crippen LogP contribution is 2.41. The maximum absolute atomic E-state index is 13.3. The van der Waals surface area contributed by atoms with Gasteiger partial charge in [-0.25, -0.2) is 4.79 Å². The molecule has 152 valence electrons. The molecule has 0 radical (unpaired) electrons. The van der Waals surface area contributed by atoms with Gasteiger partial charge in [0, 0.05) is 31.4 Å². The number of carbonyl (C=O) groups is 3. The molecule has 1 spiro atoms. The molecule has 4 rings (SSSR count). The third-order valence-corrected chi connectivity index (χ3v) is 5.77. The van der Waals surface area contributed by atoms with Crippen molar-refractivity contribution in [2.24, 2.45) is 7.05 Å². The highest BCUT2D eigenvalue weighted by molar-refractivity contribution is 6.09. The van der Waals surface area contributed by atoms with E-state index in [0.717, 1.165) is 28.0 Å². The van der Waals surface area contributed by atoms with Gasteiger partial charge in [-0.2, -0.15) is 5.10 Å². The van der Waals surface area contributed by atoms with Gasteiger partial charge in [0.1, 0.15) is 12.1 Å². The molecular formula is C21H25N5O3. The Morgan fingerprint density at radius 2 is 2.07 bits per heavy atom. The van der Waals surface area contributed by atoms with Gasteiger partial charge in [-0.3, -0.25) is 19.2 Å². The summed E-state index contributed by atoms with van der Waals surface area (Å²) in [6, 6.07) is 7.07. The fourth-order valence-electron chi connectivity index (χ4n) is 4.27. The van der Waals surface area contributed by atoms with Crippen molar-refractivity contribution < 1.29 is 14.4 Å². The minimum atomic E-state index is -1.04. The smallest absolute Gasteiger partial charge is 0.325 e. The molecule has 8 heteroatoms. The summed E-state index contributed by atoms with van der Waals surface area (Å²) in [5.74, 6) is -0.610. The average molecular weight is 395 g/mol. The van der Waals surface area contributed by atoms with Crippen LogP contribution in [0.5, 0.6) is 0 Å². The van der Waals surface area contributed by atoms with Crippen LogP contribution in [0.4, 0.5) is 4.79 Å². The zero-order valence-corrected chi connectivity index (χ0v) is 16.9. The quantitative estimate of drug-likeness (QED) is 0.778. The number of benzene rings is 1. The number of carbonyl (C=O) groups excluding carboxylic acids is 3. The summed E-state index contributed by atoms with van der Waals surface area (Å²) in [7, 11) is 1.82. The van der Waals surface area contributed by atoms with E-state index in [1.807, 2.05) is 51.4 Å². The van der Waals surface area contributed by atoms with E-state index in [0.29, 0.717) is 13.0 Å². The van der Waals surface area contributed by atoms with Gasteiger partial charge < -0.3 is 10.2 Å². The Hall–Kier alpha value is -3.16. The Kier molecular flexibility index (Phi) is 4.64. The fraction of sp³-hybridized carbons (Fsp3) is 0.429. The molecule has 1 atom stereocenters. The molecule has 29 heavy (non-hydrogen) atoms. The summed E-state index contributed by atoms with van der Waals surface area (Å²) in [6.45, 7) is 3.93. The third-order valence-electron chi connectivity index (χ3n) is 5.77. The first kappa shape index (κ1) is 19.2. The summed E-state index contributed by atoms with van der Waals surface area (Å²) in [5, 5.41) is 7.00. The van der Waals surface area contributed by atoms with Crippen LogP contribution < -0.4 is 5.32 Å². The molecule has 2 heterocycles. The standard InChI is InChI=1S/C21H25N5O3/c1-14(2)25(12-15-10-22-24(3)11-15)18(27)13-26-19(28)21(23-20(26)29)9-8-16-6-4-5-7-17(16)21/h4-7,10-11,14H,8-9,12-13H2,1-3H3,(H,23,29). The lowest BCUT2D eigenvalue weighted by atomic mass is 9.92. The molecule has 1 saturated heterocycles. The fourth-order valence-corrected chi connectivity index (χ4v) is 4.27. The van der Waals surface area contributed by atoms with Gasteiger partial charge >= 0.3 is 6.03 Å². The molecule has 1 N–H and O–H groups in total. The molecule has 2 aromatic rings. The Balaban J connectivity index is 1.53. The van der Waals surface area contributed by atoms with Crippen LogP contribution in [0.2, 0.25) is 0 Å². The first-order valence-electron chi connectivity index (χ1n) is 9.81. The van der Waals surface area contributed by atoms with E-state index in [1.165, 1.54) is 0 Å². The van der Waals surface area contributed by atoms with Crippen LogP contribution in [0.3, 0.4) is 0 Å². The van der Waals surface area contributed by atoms with Crippen LogP contribution in [-0.2, 0) is 35.1 Å². The van der Waals surface area contributed by atoms with E-state index in [4.69, 9.17) is 0 Å². The zero-order valence-electron chi connectivity index (χ0n) is 16.9. The van der Waals surface area contributed by atoms with Gasteiger partial charge in [-0.1, -0.05) is 24.3 Å². The van der Waals surface area contributed by atoms with Crippen molar-refractivity contribution >= 4 is 17.8 Å². The molecule has 1 aliphatic carbocycles. The predicted molar refractivity (Wildman–Crippen MR) is 106 cm³/mol. The lowest BCUT2D eigenvalue weighted by molar-refractivity contribution is -0.140. The van der Waals surface area contributed by atoms with E-state index >= 15 is 0 Å². The predicted octanol–water partition coefficient (Wildman–Crippen LogP) is 1.55. The number of urea groups is 1. The summed E-state index contributed by atoms with van der Waals surface area (Å²) in [5.41, 5.74) is 1.76. The monoisotopic (exact) mass is 395 g/mol. The largest absolute Gasteiger partial charge is 0.334 e. The maximum Gasteiger partial charge on any atom is 0.325 e. The summed E-state index contributed by atoms with van der Waals surface area (Å²) >= 11 is 0. The number of aromatic nitrogens is 2. The number of nitrogens with zero attached hydrogens (tertiary/aromatic N) is 4. The molecule has 1 aliphatic heterocycles. The Morgan fingerprint density at radius 3 is 2.76 bits per heavy atom. The van der Waals surface area contributed by atoms with Gasteiger partial charge in [0.05, 0.1) is 6.20 Å². The van der Waals surface area contributed by atoms with Crippen molar-refractivity contribution in [1.29, 1.82) is 0 Å². The molecule has 1 unspecified atom stereocenters. The molecule has 0 bridgehead atoms.